The average molecular weight is 439 g/mol. The van der Waals surface area contributed by atoms with Crippen molar-refractivity contribution in [3.63, 3.8) is 0 Å². The van der Waals surface area contributed by atoms with Gasteiger partial charge in [-0.2, -0.15) is 0 Å². The van der Waals surface area contributed by atoms with E-state index in [0.29, 0.717) is 12.4 Å². The van der Waals surface area contributed by atoms with Gasteiger partial charge in [0.15, 0.2) is 0 Å². The first-order chi connectivity index (χ1) is 15.2. The number of aromatic nitrogens is 2. The van der Waals surface area contributed by atoms with E-state index in [1.165, 1.54) is 0 Å². The molecule has 0 aliphatic heterocycles. The second kappa shape index (κ2) is 12.1. The van der Waals surface area contributed by atoms with Crippen molar-refractivity contribution in [3.8, 4) is 5.75 Å². The summed E-state index contributed by atoms with van der Waals surface area (Å²) < 4.78 is 8.93. The standard InChI is InChI=1S/C23H30N6OS/c1-4-29(5-2)13-14-30-20-11-9-18(10-12-20)27-22-16-23(26-17-25-22)28-19-7-6-8-21(15-19)31-24-3/h6-12,15-17,24H,4-5,13-14H2,1-3H3,(H2,25,26,27,28). The molecule has 31 heavy (non-hydrogen) atoms. The van der Waals surface area contributed by atoms with Gasteiger partial charge < -0.3 is 20.3 Å². The highest BCUT2D eigenvalue weighted by molar-refractivity contribution is 7.97. The summed E-state index contributed by atoms with van der Waals surface area (Å²) in [6.07, 6.45) is 1.54. The number of hydrogen-bond donors (Lipinski definition) is 3. The molecule has 8 heteroatoms. The molecule has 7 nitrogen and oxygen atoms in total. The Labute approximate surface area is 188 Å². The lowest BCUT2D eigenvalue weighted by Crippen LogP contribution is -2.27. The van der Waals surface area contributed by atoms with Crippen molar-refractivity contribution in [3.05, 3.63) is 60.9 Å². The number of likely N-dealkylation sites (N-methyl/N-ethyl adjacent to an activating group) is 1. The average Bonchev–Trinajstić information content (AvgIpc) is 2.79. The van der Waals surface area contributed by atoms with Gasteiger partial charge in [-0.15, -0.1) is 0 Å². The van der Waals surface area contributed by atoms with Crippen LogP contribution in [0.1, 0.15) is 13.8 Å². The molecule has 0 aliphatic rings. The third-order valence-corrected chi connectivity index (χ3v) is 5.38. The number of nitrogens with zero attached hydrogens (tertiary/aromatic N) is 3. The molecule has 0 bridgehead atoms. The Morgan fingerprint density at radius 1 is 0.903 bits per heavy atom. The van der Waals surface area contributed by atoms with Crippen molar-refractivity contribution < 1.29 is 4.74 Å². The lowest BCUT2D eigenvalue weighted by Gasteiger charge is -2.18. The quantitative estimate of drug-likeness (QED) is 0.345. The number of nitrogens with one attached hydrogen (secondary N) is 3. The molecule has 0 aliphatic carbocycles. The molecular formula is C23H30N6OS. The summed E-state index contributed by atoms with van der Waals surface area (Å²) in [5.74, 6) is 2.30. The first-order valence-electron chi connectivity index (χ1n) is 10.4. The molecule has 3 rings (SSSR count). The molecule has 0 atom stereocenters. The van der Waals surface area contributed by atoms with E-state index < -0.39 is 0 Å². The normalized spacial score (nSPS) is 10.8. The Bertz CT molecular complexity index is 933. The Hall–Kier alpha value is -2.81. The fourth-order valence-electron chi connectivity index (χ4n) is 3.01. The van der Waals surface area contributed by atoms with E-state index in [4.69, 9.17) is 4.74 Å². The Morgan fingerprint density at radius 2 is 1.61 bits per heavy atom. The summed E-state index contributed by atoms with van der Waals surface area (Å²) in [6.45, 7) is 8.03. The topological polar surface area (TPSA) is 74.3 Å². The minimum Gasteiger partial charge on any atom is -0.492 e. The molecule has 0 saturated heterocycles. The highest BCUT2D eigenvalue weighted by Gasteiger charge is 2.03. The lowest BCUT2D eigenvalue weighted by atomic mass is 10.3. The van der Waals surface area contributed by atoms with E-state index in [1.54, 1.807) is 18.3 Å². The molecule has 2 aromatic carbocycles. The van der Waals surface area contributed by atoms with Crippen LogP contribution < -0.4 is 20.1 Å². The Balaban J connectivity index is 1.56. The summed E-state index contributed by atoms with van der Waals surface area (Å²) in [6, 6.07) is 17.9. The molecular weight excluding hydrogens is 408 g/mol. The first-order valence-corrected chi connectivity index (χ1v) is 11.3. The Kier molecular flexibility index (Phi) is 8.96. The van der Waals surface area contributed by atoms with Crippen molar-refractivity contribution in [1.82, 2.24) is 19.6 Å². The van der Waals surface area contributed by atoms with Crippen LogP contribution in [0.25, 0.3) is 0 Å². The summed E-state index contributed by atoms with van der Waals surface area (Å²) in [4.78, 5) is 12.1. The first kappa shape index (κ1) is 22.9. The smallest absolute Gasteiger partial charge is 0.135 e. The number of benzene rings is 2. The molecule has 0 amide bonds. The van der Waals surface area contributed by atoms with Gasteiger partial charge in [0, 0.05) is 28.9 Å². The maximum absolute atomic E-state index is 5.85. The van der Waals surface area contributed by atoms with Crippen LogP contribution in [0.15, 0.2) is 65.8 Å². The zero-order valence-corrected chi connectivity index (χ0v) is 19.1. The van der Waals surface area contributed by atoms with E-state index in [-0.39, 0.29) is 0 Å². The molecule has 0 radical (unpaired) electrons. The fourth-order valence-corrected chi connectivity index (χ4v) is 3.58. The van der Waals surface area contributed by atoms with E-state index in [2.05, 4.69) is 56.2 Å². The van der Waals surface area contributed by atoms with E-state index in [1.807, 2.05) is 49.5 Å². The maximum Gasteiger partial charge on any atom is 0.135 e. The van der Waals surface area contributed by atoms with Crippen LogP contribution in [-0.2, 0) is 0 Å². The van der Waals surface area contributed by atoms with Crippen LogP contribution >= 0.6 is 11.9 Å². The highest BCUT2D eigenvalue weighted by atomic mass is 32.2. The molecule has 0 spiro atoms. The van der Waals surface area contributed by atoms with Gasteiger partial charge in [0.1, 0.15) is 30.3 Å². The second-order valence-corrected chi connectivity index (χ2v) is 7.86. The number of ether oxygens (including phenoxy) is 1. The summed E-state index contributed by atoms with van der Waals surface area (Å²) >= 11 is 1.57. The monoisotopic (exact) mass is 438 g/mol. The molecule has 3 N–H and O–H groups in total. The van der Waals surface area contributed by atoms with Crippen LogP contribution in [0.5, 0.6) is 5.75 Å². The SMILES string of the molecule is CCN(CC)CCOc1ccc(Nc2cc(Nc3cccc(SNC)c3)ncn2)cc1. The molecule has 3 aromatic rings. The summed E-state index contributed by atoms with van der Waals surface area (Å²) in [7, 11) is 1.90. The zero-order valence-electron chi connectivity index (χ0n) is 18.3. The summed E-state index contributed by atoms with van der Waals surface area (Å²) in [5, 5.41) is 6.64. The fraction of sp³-hybridized carbons (Fsp3) is 0.304. The number of hydrogen-bond acceptors (Lipinski definition) is 8. The predicted octanol–water partition coefficient (Wildman–Crippen LogP) is 4.91. The minimum atomic E-state index is 0.684. The van der Waals surface area contributed by atoms with Gasteiger partial charge in [0.2, 0.25) is 0 Å². The van der Waals surface area contributed by atoms with Crippen molar-refractivity contribution in [1.29, 1.82) is 0 Å². The molecule has 0 saturated carbocycles. The highest BCUT2D eigenvalue weighted by Crippen LogP contribution is 2.23. The van der Waals surface area contributed by atoms with Gasteiger partial charge in [0.05, 0.1) is 0 Å². The van der Waals surface area contributed by atoms with Crippen LogP contribution in [0.2, 0.25) is 0 Å². The van der Waals surface area contributed by atoms with E-state index in [9.17, 15) is 0 Å². The summed E-state index contributed by atoms with van der Waals surface area (Å²) in [5.41, 5.74) is 1.91. The van der Waals surface area contributed by atoms with Gasteiger partial charge in [-0.05, 0) is 74.5 Å². The van der Waals surface area contributed by atoms with Crippen LogP contribution in [0.3, 0.4) is 0 Å². The van der Waals surface area contributed by atoms with Gasteiger partial charge >= 0.3 is 0 Å². The molecule has 0 fully saturated rings. The lowest BCUT2D eigenvalue weighted by molar-refractivity contribution is 0.223. The van der Waals surface area contributed by atoms with Crippen molar-refractivity contribution in [2.24, 2.45) is 0 Å². The van der Waals surface area contributed by atoms with Crippen LogP contribution in [-0.4, -0.2) is 48.2 Å². The van der Waals surface area contributed by atoms with E-state index in [0.717, 1.165) is 47.5 Å². The molecule has 164 valence electrons. The minimum absolute atomic E-state index is 0.684. The third kappa shape index (κ3) is 7.43. The number of anilines is 4. The van der Waals surface area contributed by atoms with Crippen molar-refractivity contribution in [2.45, 2.75) is 18.7 Å². The largest absolute Gasteiger partial charge is 0.492 e. The second-order valence-electron chi connectivity index (χ2n) is 6.77. The van der Waals surface area contributed by atoms with Gasteiger partial charge in [-0.1, -0.05) is 19.9 Å². The Morgan fingerprint density at radius 3 is 2.29 bits per heavy atom. The molecule has 1 aromatic heterocycles. The van der Waals surface area contributed by atoms with Gasteiger partial charge in [-0.3, -0.25) is 4.72 Å². The van der Waals surface area contributed by atoms with Gasteiger partial charge in [0.25, 0.3) is 0 Å². The zero-order chi connectivity index (χ0) is 21.9. The molecule has 0 unspecified atom stereocenters. The van der Waals surface area contributed by atoms with Crippen LogP contribution in [0, 0.1) is 0 Å². The van der Waals surface area contributed by atoms with Crippen molar-refractivity contribution in [2.75, 3.05) is 43.9 Å². The van der Waals surface area contributed by atoms with E-state index >= 15 is 0 Å². The number of rotatable bonds is 12. The predicted molar refractivity (Wildman–Crippen MR) is 130 cm³/mol. The molecule has 1 heterocycles. The van der Waals surface area contributed by atoms with Crippen LogP contribution in [0.4, 0.5) is 23.0 Å². The van der Waals surface area contributed by atoms with Gasteiger partial charge in [-0.25, -0.2) is 9.97 Å². The third-order valence-electron chi connectivity index (χ3n) is 4.69. The van der Waals surface area contributed by atoms with Crippen molar-refractivity contribution >= 4 is 35.0 Å². The maximum atomic E-state index is 5.85.